The molecule has 0 unspecified atom stereocenters. The Labute approximate surface area is 113 Å². The number of aryl methyl sites for hydroxylation is 3. The van der Waals surface area contributed by atoms with Gasteiger partial charge < -0.3 is 9.88 Å². The summed E-state index contributed by atoms with van der Waals surface area (Å²) in [6, 6.07) is 5.16. The minimum Gasteiger partial charge on any atom is -0.323 e. The monoisotopic (exact) mass is 261 g/mol. The molecule has 2 rings (SSSR count). The largest absolute Gasteiger partial charge is 0.323 e. The first kappa shape index (κ1) is 13.6. The van der Waals surface area contributed by atoms with Crippen LogP contribution in [0.15, 0.2) is 24.4 Å². The van der Waals surface area contributed by atoms with E-state index in [1.165, 1.54) is 6.07 Å². The number of nitrogens with zero attached hydrogens (tertiary/aromatic N) is 2. The van der Waals surface area contributed by atoms with Crippen molar-refractivity contribution in [2.75, 3.05) is 5.32 Å². The van der Waals surface area contributed by atoms with Crippen molar-refractivity contribution in [3.05, 3.63) is 41.5 Å². The van der Waals surface area contributed by atoms with E-state index in [0.717, 1.165) is 30.6 Å². The zero-order valence-corrected chi connectivity index (χ0v) is 11.7. The van der Waals surface area contributed by atoms with Gasteiger partial charge in [0.15, 0.2) is 0 Å². The lowest BCUT2D eigenvalue weighted by Crippen LogP contribution is -2.04. The SMILES string of the molecule is CCCCn1cc(C)nc1Nc1ccc(C)cc1F. The number of imidazole rings is 1. The average Bonchev–Trinajstić information content (AvgIpc) is 2.70. The number of anilines is 2. The van der Waals surface area contributed by atoms with Gasteiger partial charge in [0.2, 0.25) is 5.95 Å². The number of hydrogen-bond donors (Lipinski definition) is 1. The van der Waals surface area contributed by atoms with E-state index < -0.39 is 0 Å². The maximum Gasteiger partial charge on any atom is 0.207 e. The van der Waals surface area contributed by atoms with Gasteiger partial charge in [-0.05, 0) is 38.0 Å². The minimum absolute atomic E-state index is 0.248. The summed E-state index contributed by atoms with van der Waals surface area (Å²) in [6.45, 7) is 6.86. The molecule has 102 valence electrons. The Bertz CT molecular complexity index is 561. The second-order valence-corrected chi connectivity index (χ2v) is 4.86. The first-order valence-electron chi connectivity index (χ1n) is 6.67. The van der Waals surface area contributed by atoms with Crippen LogP contribution in [0.4, 0.5) is 16.0 Å². The quantitative estimate of drug-likeness (QED) is 0.875. The van der Waals surface area contributed by atoms with Gasteiger partial charge in [0.25, 0.3) is 0 Å². The molecule has 0 saturated carbocycles. The average molecular weight is 261 g/mol. The number of hydrogen-bond acceptors (Lipinski definition) is 2. The van der Waals surface area contributed by atoms with Crippen LogP contribution in [-0.2, 0) is 6.54 Å². The van der Waals surface area contributed by atoms with Crippen LogP contribution in [0.2, 0.25) is 0 Å². The molecule has 0 aliphatic rings. The van der Waals surface area contributed by atoms with Gasteiger partial charge >= 0.3 is 0 Å². The van der Waals surface area contributed by atoms with E-state index in [9.17, 15) is 4.39 Å². The molecule has 19 heavy (non-hydrogen) atoms. The van der Waals surface area contributed by atoms with Gasteiger partial charge in [0.05, 0.1) is 11.4 Å². The molecule has 1 aromatic heterocycles. The summed E-state index contributed by atoms with van der Waals surface area (Å²) in [5.74, 6) is 0.455. The third-order valence-corrected chi connectivity index (χ3v) is 3.02. The summed E-state index contributed by atoms with van der Waals surface area (Å²) in [5, 5.41) is 3.07. The standard InChI is InChI=1S/C15H20FN3/c1-4-5-8-19-10-12(3)17-15(19)18-14-7-6-11(2)9-13(14)16/h6-7,9-10H,4-5,8H2,1-3H3,(H,17,18). The highest BCUT2D eigenvalue weighted by Gasteiger charge is 2.08. The Morgan fingerprint density at radius 1 is 1.32 bits per heavy atom. The fourth-order valence-electron chi connectivity index (χ4n) is 1.99. The summed E-state index contributed by atoms with van der Waals surface area (Å²) < 4.78 is 15.9. The van der Waals surface area contributed by atoms with Crippen LogP contribution in [-0.4, -0.2) is 9.55 Å². The second-order valence-electron chi connectivity index (χ2n) is 4.86. The highest BCUT2D eigenvalue weighted by Crippen LogP contribution is 2.21. The number of halogens is 1. The zero-order chi connectivity index (χ0) is 13.8. The maximum atomic E-state index is 13.8. The maximum absolute atomic E-state index is 13.8. The van der Waals surface area contributed by atoms with E-state index in [0.29, 0.717) is 11.6 Å². The van der Waals surface area contributed by atoms with Crippen LogP contribution in [0.1, 0.15) is 31.0 Å². The fourth-order valence-corrected chi connectivity index (χ4v) is 1.99. The molecule has 0 fully saturated rings. The molecule has 2 aromatic rings. The van der Waals surface area contributed by atoms with Crippen LogP contribution < -0.4 is 5.32 Å². The molecule has 3 nitrogen and oxygen atoms in total. The zero-order valence-electron chi connectivity index (χ0n) is 11.7. The van der Waals surface area contributed by atoms with Crippen LogP contribution >= 0.6 is 0 Å². The van der Waals surface area contributed by atoms with E-state index in [4.69, 9.17) is 0 Å². The first-order chi connectivity index (χ1) is 9.10. The number of unbranched alkanes of at least 4 members (excludes halogenated alkanes) is 1. The van der Waals surface area contributed by atoms with Gasteiger partial charge in [-0.2, -0.15) is 0 Å². The van der Waals surface area contributed by atoms with Gasteiger partial charge in [-0.25, -0.2) is 9.37 Å². The first-order valence-corrected chi connectivity index (χ1v) is 6.67. The lowest BCUT2D eigenvalue weighted by atomic mass is 10.2. The highest BCUT2D eigenvalue weighted by molar-refractivity contribution is 5.55. The van der Waals surface area contributed by atoms with E-state index >= 15 is 0 Å². The molecule has 1 N–H and O–H groups in total. The van der Waals surface area contributed by atoms with Crippen molar-refractivity contribution in [2.24, 2.45) is 0 Å². The van der Waals surface area contributed by atoms with Gasteiger partial charge in [0.1, 0.15) is 5.82 Å². The van der Waals surface area contributed by atoms with Crippen molar-refractivity contribution >= 4 is 11.6 Å². The van der Waals surface area contributed by atoms with Crippen molar-refractivity contribution in [1.82, 2.24) is 9.55 Å². The van der Waals surface area contributed by atoms with Crippen LogP contribution in [0.5, 0.6) is 0 Å². The Morgan fingerprint density at radius 3 is 2.79 bits per heavy atom. The van der Waals surface area contributed by atoms with Crippen LogP contribution in [0.3, 0.4) is 0 Å². The molecule has 0 radical (unpaired) electrons. The lowest BCUT2D eigenvalue weighted by molar-refractivity contribution is 0.625. The van der Waals surface area contributed by atoms with Crippen molar-refractivity contribution in [3.63, 3.8) is 0 Å². The number of benzene rings is 1. The summed E-state index contributed by atoms with van der Waals surface area (Å²) in [4.78, 5) is 4.41. The molecule has 0 aliphatic carbocycles. The molecule has 0 amide bonds. The molecule has 0 atom stereocenters. The third-order valence-electron chi connectivity index (χ3n) is 3.02. The topological polar surface area (TPSA) is 29.9 Å². The van der Waals surface area contributed by atoms with Crippen molar-refractivity contribution in [2.45, 2.75) is 40.2 Å². The normalized spacial score (nSPS) is 10.7. The van der Waals surface area contributed by atoms with Crippen LogP contribution in [0, 0.1) is 19.7 Å². The molecular weight excluding hydrogens is 241 g/mol. The molecule has 0 bridgehead atoms. The molecular formula is C15H20FN3. The number of nitrogens with one attached hydrogen (secondary N) is 1. The molecule has 0 aliphatic heterocycles. The van der Waals surface area contributed by atoms with Crippen molar-refractivity contribution in [1.29, 1.82) is 0 Å². The predicted molar refractivity (Wildman–Crippen MR) is 76.3 cm³/mol. The van der Waals surface area contributed by atoms with Crippen LogP contribution in [0.25, 0.3) is 0 Å². The summed E-state index contributed by atoms with van der Waals surface area (Å²) in [5.41, 5.74) is 2.31. The smallest absolute Gasteiger partial charge is 0.207 e. The Hall–Kier alpha value is -1.84. The highest BCUT2D eigenvalue weighted by atomic mass is 19.1. The lowest BCUT2D eigenvalue weighted by Gasteiger charge is -2.10. The molecule has 0 spiro atoms. The summed E-state index contributed by atoms with van der Waals surface area (Å²) in [6.07, 6.45) is 4.19. The van der Waals surface area contributed by atoms with E-state index in [-0.39, 0.29) is 5.82 Å². The van der Waals surface area contributed by atoms with Gasteiger partial charge in [-0.15, -0.1) is 0 Å². The second kappa shape index (κ2) is 5.87. The van der Waals surface area contributed by atoms with E-state index in [1.807, 2.05) is 30.7 Å². The van der Waals surface area contributed by atoms with Crippen molar-refractivity contribution < 1.29 is 4.39 Å². The Kier molecular flexibility index (Phi) is 4.20. The van der Waals surface area contributed by atoms with Gasteiger partial charge in [-0.1, -0.05) is 19.4 Å². The minimum atomic E-state index is -0.248. The van der Waals surface area contributed by atoms with E-state index in [1.54, 1.807) is 6.07 Å². The van der Waals surface area contributed by atoms with Gasteiger partial charge in [0, 0.05) is 12.7 Å². The number of rotatable bonds is 5. The number of aromatic nitrogens is 2. The van der Waals surface area contributed by atoms with E-state index in [2.05, 4.69) is 17.2 Å². The summed E-state index contributed by atoms with van der Waals surface area (Å²) >= 11 is 0. The Morgan fingerprint density at radius 2 is 2.11 bits per heavy atom. The fraction of sp³-hybridized carbons (Fsp3) is 0.400. The third kappa shape index (κ3) is 3.34. The van der Waals surface area contributed by atoms with Gasteiger partial charge in [-0.3, -0.25) is 0 Å². The molecule has 1 aromatic carbocycles. The summed E-state index contributed by atoms with van der Waals surface area (Å²) in [7, 11) is 0. The molecule has 0 saturated heterocycles. The molecule has 1 heterocycles. The molecule has 4 heteroatoms. The Balaban J connectivity index is 2.22. The van der Waals surface area contributed by atoms with Crippen molar-refractivity contribution in [3.8, 4) is 0 Å². The predicted octanol–water partition coefficient (Wildman–Crippen LogP) is 4.18.